The molecule has 0 radical (unpaired) electrons. The summed E-state index contributed by atoms with van der Waals surface area (Å²) in [5.74, 6) is 0.847. The molecule has 2 fully saturated rings. The van der Waals surface area contributed by atoms with E-state index in [1.807, 2.05) is 36.4 Å². The molecule has 7 N–H and O–H groups in total. The van der Waals surface area contributed by atoms with Crippen molar-refractivity contribution in [2.45, 2.75) is 7.43 Å². The van der Waals surface area contributed by atoms with Crippen LogP contribution in [-0.2, 0) is 9.47 Å². The number of nitrogens with zero attached hydrogens (tertiary/aromatic N) is 10. The first kappa shape index (κ1) is 47.6. The van der Waals surface area contributed by atoms with Gasteiger partial charge in [-0.2, -0.15) is 4.98 Å². The van der Waals surface area contributed by atoms with Crippen LogP contribution in [0.25, 0.3) is 44.3 Å². The molecule has 20 nitrogen and oxygen atoms in total. The number of pyridine rings is 2. The van der Waals surface area contributed by atoms with Crippen molar-refractivity contribution in [2.75, 3.05) is 84.9 Å². The van der Waals surface area contributed by atoms with E-state index in [1.165, 1.54) is 30.0 Å². The molecule has 0 spiro atoms. The first-order valence-corrected chi connectivity index (χ1v) is 21.3. The minimum absolute atomic E-state index is 0. The van der Waals surface area contributed by atoms with Gasteiger partial charge in [0, 0.05) is 107 Å². The topological polar surface area (TPSA) is 279 Å². The monoisotopic (exact) mass is 938 g/mol. The second-order valence-electron chi connectivity index (χ2n) is 15.0. The molecule has 4 aromatic heterocycles. The first-order chi connectivity index (χ1) is 32.5. The van der Waals surface area contributed by atoms with E-state index in [-0.39, 0.29) is 29.9 Å². The number of nitrogen functional groups attached to an aromatic ring is 3. The van der Waals surface area contributed by atoms with Gasteiger partial charge in [-0.15, -0.1) is 0 Å². The molecule has 0 atom stereocenters. The Bertz CT molecular complexity index is 3050. The van der Waals surface area contributed by atoms with Crippen LogP contribution in [0, 0.1) is 20.2 Å². The van der Waals surface area contributed by atoms with Crippen LogP contribution in [0.2, 0.25) is 5.28 Å². The number of fused-ring (bicyclic) bond motifs is 2. The summed E-state index contributed by atoms with van der Waals surface area (Å²) in [6, 6.07) is 31.8. The number of hydrogen-bond donors (Lipinski definition) is 4. The van der Waals surface area contributed by atoms with Gasteiger partial charge in [-0.1, -0.05) is 31.7 Å². The highest BCUT2D eigenvalue weighted by molar-refractivity contribution is 6.29. The van der Waals surface area contributed by atoms with Crippen LogP contribution in [0.15, 0.2) is 122 Å². The van der Waals surface area contributed by atoms with Crippen LogP contribution < -0.4 is 32.3 Å². The van der Waals surface area contributed by atoms with Crippen LogP contribution in [0.3, 0.4) is 0 Å². The van der Waals surface area contributed by atoms with Crippen molar-refractivity contribution >= 4 is 85.1 Å². The van der Waals surface area contributed by atoms with Crippen molar-refractivity contribution in [1.29, 1.82) is 0 Å². The summed E-state index contributed by atoms with van der Waals surface area (Å²) in [6.45, 7) is 6.79. The van der Waals surface area contributed by atoms with E-state index in [2.05, 4.69) is 57.2 Å². The predicted molar refractivity (Wildman–Crippen MR) is 266 cm³/mol. The van der Waals surface area contributed by atoms with E-state index in [4.69, 9.17) is 38.3 Å². The number of aromatic nitrogens is 6. The summed E-state index contributed by atoms with van der Waals surface area (Å²) in [5.41, 5.74) is 24.6. The lowest BCUT2D eigenvalue weighted by Crippen LogP contribution is -2.36. The van der Waals surface area contributed by atoms with Crippen LogP contribution in [-0.4, -0.2) is 92.4 Å². The van der Waals surface area contributed by atoms with Crippen molar-refractivity contribution < 1.29 is 19.3 Å². The molecule has 10 rings (SSSR count). The fourth-order valence-corrected chi connectivity index (χ4v) is 7.53. The molecule has 2 aliphatic rings. The first-order valence-electron chi connectivity index (χ1n) is 20.9. The molecule has 6 heterocycles. The molecular formula is C47H47ClN14O6. The SMILES string of the molecule is C.Nc1ccc(N2CCOCC2)cc1.Nc1nc(Cl)nc2c(-c3cccc([N+](=O)[O-])c3)nccc12.Nc1nc(Nc2ccc(N3CCOCC3)cc2)nc2c(-c3cccc([N+](=O)[O-])c3)nccc12. The van der Waals surface area contributed by atoms with Gasteiger partial charge in [0.15, 0.2) is 0 Å². The number of nitro groups is 2. The van der Waals surface area contributed by atoms with Crippen molar-refractivity contribution in [3.63, 3.8) is 0 Å². The number of nitrogens with one attached hydrogen (secondary N) is 1. The molecule has 21 heteroatoms. The smallest absolute Gasteiger partial charge is 0.270 e. The number of nitrogens with two attached hydrogens (primary N) is 3. The van der Waals surface area contributed by atoms with Gasteiger partial charge < -0.3 is 41.8 Å². The zero-order valence-corrected chi connectivity index (χ0v) is 36.5. The molecule has 0 amide bonds. The number of benzene rings is 4. The summed E-state index contributed by atoms with van der Waals surface area (Å²) < 4.78 is 10.7. The van der Waals surface area contributed by atoms with Gasteiger partial charge in [-0.3, -0.25) is 30.2 Å². The Labute approximate surface area is 395 Å². The summed E-state index contributed by atoms with van der Waals surface area (Å²) in [5, 5.41) is 26.5. The van der Waals surface area contributed by atoms with Gasteiger partial charge in [0.2, 0.25) is 11.2 Å². The highest BCUT2D eigenvalue weighted by Crippen LogP contribution is 2.32. The number of non-ortho nitro benzene ring substituents is 2. The highest BCUT2D eigenvalue weighted by Gasteiger charge is 2.17. The fraction of sp³-hybridized carbons (Fsp3) is 0.191. The number of ether oxygens (including phenoxy) is 2. The number of hydrogen-bond acceptors (Lipinski definition) is 18. The highest BCUT2D eigenvalue weighted by atomic mass is 35.5. The van der Waals surface area contributed by atoms with Gasteiger partial charge >= 0.3 is 0 Å². The average Bonchev–Trinajstić information content (AvgIpc) is 3.35. The molecule has 0 bridgehead atoms. The van der Waals surface area contributed by atoms with E-state index in [9.17, 15) is 20.2 Å². The zero-order valence-electron chi connectivity index (χ0n) is 35.7. The third-order valence-electron chi connectivity index (χ3n) is 10.7. The maximum absolute atomic E-state index is 11.2. The van der Waals surface area contributed by atoms with E-state index in [0.29, 0.717) is 56.1 Å². The number of rotatable bonds is 8. The molecule has 2 aliphatic heterocycles. The Morgan fingerprint density at radius 2 is 1.04 bits per heavy atom. The van der Waals surface area contributed by atoms with E-state index < -0.39 is 9.85 Å². The van der Waals surface area contributed by atoms with E-state index >= 15 is 0 Å². The lowest BCUT2D eigenvalue weighted by atomic mass is 10.1. The van der Waals surface area contributed by atoms with Crippen LogP contribution in [0.1, 0.15) is 7.43 Å². The zero-order chi connectivity index (χ0) is 46.9. The maximum Gasteiger partial charge on any atom is 0.270 e. The van der Waals surface area contributed by atoms with E-state index in [0.717, 1.165) is 69.7 Å². The van der Waals surface area contributed by atoms with Crippen molar-refractivity contribution in [2.24, 2.45) is 0 Å². The van der Waals surface area contributed by atoms with Crippen molar-refractivity contribution in [3.8, 4) is 22.5 Å². The van der Waals surface area contributed by atoms with E-state index in [1.54, 1.807) is 48.8 Å². The van der Waals surface area contributed by atoms with Crippen molar-refractivity contribution in [3.05, 3.63) is 147 Å². The van der Waals surface area contributed by atoms with Crippen LogP contribution in [0.5, 0.6) is 0 Å². The lowest BCUT2D eigenvalue weighted by molar-refractivity contribution is -0.385. The molecule has 2 saturated heterocycles. The molecular weight excluding hydrogens is 892 g/mol. The van der Waals surface area contributed by atoms with Crippen LogP contribution >= 0.6 is 11.6 Å². The fourth-order valence-electron chi connectivity index (χ4n) is 7.35. The largest absolute Gasteiger partial charge is 0.399 e. The van der Waals surface area contributed by atoms with Gasteiger partial charge in [-0.05, 0) is 72.3 Å². The third-order valence-corrected chi connectivity index (χ3v) is 10.9. The maximum atomic E-state index is 11.2. The Balaban J connectivity index is 0.000000167. The third kappa shape index (κ3) is 11.4. The molecule has 4 aromatic carbocycles. The number of halogens is 1. The Morgan fingerprint density at radius 3 is 1.53 bits per heavy atom. The summed E-state index contributed by atoms with van der Waals surface area (Å²) in [7, 11) is 0. The normalized spacial score (nSPS) is 13.3. The number of morpholine rings is 2. The summed E-state index contributed by atoms with van der Waals surface area (Å²) in [6.07, 6.45) is 3.14. The van der Waals surface area contributed by atoms with Gasteiger partial charge in [0.25, 0.3) is 11.4 Å². The summed E-state index contributed by atoms with van der Waals surface area (Å²) >= 11 is 5.83. The molecule has 8 aromatic rings. The standard InChI is InChI=1S/C23H21N7O3.C13H8ClN5O2.C10H14N2O.CH4/c24-22-19-8-9-25-20(15-2-1-3-18(14-15)30(31)32)21(19)27-23(28-22)26-16-4-6-17(7-5-16)29-10-12-33-13-11-29;14-13-17-11-9(12(15)18-13)4-5-16-10(11)7-2-1-3-8(6-7)19(20)21;11-9-1-3-10(4-2-9)12-5-7-13-8-6-12;/h1-9,14H,10-13H2,(H3,24,26,27,28);1-6H,(H2,15,17,18);1-4H,5-8,11H2;1H4. The average molecular weight is 939 g/mol. The Hall–Kier alpha value is -8.33. The van der Waals surface area contributed by atoms with Gasteiger partial charge in [0.1, 0.15) is 22.7 Å². The molecule has 0 saturated carbocycles. The minimum Gasteiger partial charge on any atom is -0.399 e. The molecule has 348 valence electrons. The minimum atomic E-state index is -0.467. The lowest BCUT2D eigenvalue weighted by Gasteiger charge is -2.28. The Morgan fingerprint density at radius 1 is 0.588 bits per heavy atom. The quantitative estimate of drug-likeness (QED) is 0.0482. The number of anilines is 7. The van der Waals surface area contributed by atoms with Gasteiger partial charge in [0.05, 0.1) is 47.7 Å². The number of nitro benzene ring substituents is 2. The van der Waals surface area contributed by atoms with Crippen LogP contribution in [0.4, 0.5) is 51.7 Å². The second-order valence-corrected chi connectivity index (χ2v) is 15.3. The second kappa shape index (κ2) is 21.8. The Kier molecular flexibility index (Phi) is 15.2. The molecule has 0 unspecified atom stereocenters. The molecule has 0 aliphatic carbocycles. The molecule has 68 heavy (non-hydrogen) atoms. The van der Waals surface area contributed by atoms with Gasteiger partial charge in [-0.25, -0.2) is 15.0 Å². The van der Waals surface area contributed by atoms with Crippen molar-refractivity contribution in [1.82, 2.24) is 29.9 Å². The predicted octanol–water partition coefficient (Wildman–Crippen LogP) is 8.34. The summed E-state index contributed by atoms with van der Waals surface area (Å²) in [4.78, 5) is 51.4.